The minimum atomic E-state index is -0.947. The molecule has 6 nitrogen and oxygen atoms in total. The topological polar surface area (TPSA) is 62.9 Å². The van der Waals surface area contributed by atoms with Crippen molar-refractivity contribution >= 4 is 22.4 Å². The summed E-state index contributed by atoms with van der Waals surface area (Å²) in [5.41, 5.74) is 0.832. The highest BCUT2D eigenvalue weighted by Gasteiger charge is 2.65. The molecular formula is C22H21N2O4S+. The van der Waals surface area contributed by atoms with Gasteiger partial charge in [-0.3, -0.25) is 4.79 Å². The van der Waals surface area contributed by atoms with Crippen LogP contribution in [0, 0.1) is 5.92 Å². The van der Waals surface area contributed by atoms with Gasteiger partial charge in [0.1, 0.15) is 10.6 Å². The molecule has 5 rings (SSSR count). The molecule has 0 amide bonds. The molecule has 2 aliphatic heterocycles. The van der Waals surface area contributed by atoms with Gasteiger partial charge < -0.3 is 14.6 Å². The number of hydrogen-bond acceptors (Lipinski definition) is 6. The third kappa shape index (κ3) is 2.34. The summed E-state index contributed by atoms with van der Waals surface area (Å²) in [6.07, 6.45) is 0. The van der Waals surface area contributed by atoms with Gasteiger partial charge in [-0.2, -0.15) is 4.57 Å². The van der Waals surface area contributed by atoms with Gasteiger partial charge in [-0.25, -0.2) is 4.90 Å². The van der Waals surface area contributed by atoms with Gasteiger partial charge in [-0.15, -0.1) is 0 Å². The summed E-state index contributed by atoms with van der Waals surface area (Å²) in [6, 6.07) is 17.0. The Morgan fingerprint density at radius 1 is 1.21 bits per heavy atom. The highest BCUT2D eigenvalue weighted by atomic mass is 32.1. The number of hydrogen-bond donors (Lipinski definition) is 1. The number of esters is 1. The van der Waals surface area contributed by atoms with Crippen LogP contribution in [0.3, 0.4) is 0 Å². The van der Waals surface area contributed by atoms with Crippen molar-refractivity contribution in [3.8, 4) is 22.1 Å². The Morgan fingerprint density at radius 2 is 1.90 bits per heavy atom. The number of fused-ring (bicyclic) bond motifs is 6. The van der Waals surface area contributed by atoms with Gasteiger partial charge in [-0.05, 0) is 23.0 Å². The van der Waals surface area contributed by atoms with E-state index in [1.807, 2.05) is 78.0 Å². The van der Waals surface area contributed by atoms with Crippen LogP contribution in [0.15, 0.2) is 54.6 Å². The largest absolute Gasteiger partial charge is 0.477 e. The zero-order chi connectivity index (χ0) is 20.3. The first-order valence-electron chi connectivity index (χ1n) is 9.39. The van der Waals surface area contributed by atoms with Gasteiger partial charge in [0, 0.05) is 12.5 Å². The summed E-state index contributed by atoms with van der Waals surface area (Å²) in [6.45, 7) is 1.90. The highest BCUT2D eigenvalue weighted by Crippen LogP contribution is 2.53. The molecule has 1 N–H and O–H groups in total. The third-order valence-corrected chi connectivity index (χ3v) is 7.28. The Balaban J connectivity index is 1.82. The molecule has 29 heavy (non-hydrogen) atoms. The summed E-state index contributed by atoms with van der Waals surface area (Å²) in [5, 5.41) is 12.1. The Morgan fingerprint density at radius 3 is 2.62 bits per heavy atom. The lowest BCUT2D eigenvalue weighted by Crippen LogP contribution is -2.71. The van der Waals surface area contributed by atoms with E-state index in [-0.39, 0.29) is 11.8 Å². The van der Waals surface area contributed by atoms with E-state index in [4.69, 9.17) is 9.47 Å². The number of carbonyl (C=O) groups is 1. The molecule has 3 aromatic rings. The number of benzene rings is 2. The molecule has 0 radical (unpaired) electrons. The van der Waals surface area contributed by atoms with Crippen LogP contribution < -0.4 is 14.2 Å². The number of aromatic hydroxyl groups is 1. The van der Waals surface area contributed by atoms with Crippen molar-refractivity contribution in [2.45, 2.75) is 18.7 Å². The van der Waals surface area contributed by atoms with E-state index in [9.17, 15) is 9.90 Å². The van der Waals surface area contributed by atoms with Crippen LogP contribution >= 0.6 is 11.3 Å². The number of thiazole rings is 1. The van der Waals surface area contributed by atoms with Crippen molar-refractivity contribution in [1.29, 1.82) is 0 Å². The van der Waals surface area contributed by atoms with Crippen LogP contribution in [0.5, 0.6) is 11.6 Å². The number of methoxy groups -OCH3 is 1. The van der Waals surface area contributed by atoms with E-state index < -0.39 is 17.7 Å². The van der Waals surface area contributed by atoms with Crippen LogP contribution in [-0.2, 0) is 9.53 Å². The lowest BCUT2D eigenvalue weighted by molar-refractivity contribution is -0.718. The first kappa shape index (κ1) is 18.0. The molecular weight excluding hydrogens is 388 g/mol. The Kier molecular flexibility index (Phi) is 3.86. The predicted octanol–water partition coefficient (Wildman–Crippen LogP) is 3.35. The number of ether oxygens (including phenoxy) is 2. The fraction of sp³-hybridized carbons (Fsp3) is 0.273. The van der Waals surface area contributed by atoms with Crippen molar-refractivity contribution in [2.75, 3.05) is 19.1 Å². The first-order valence-corrected chi connectivity index (χ1v) is 10.2. The minimum absolute atomic E-state index is 0.140. The molecule has 0 spiro atoms. The Bertz CT molecular complexity index is 1110. The molecule has 0 saturated carbocycles. The number of rotatable bonds is 2. The monoisotopic (exact) mass is 409 g/mol. The van der Waals surface area contributed by atoms with Crippen LogP contribution in [0.25, 0.3) is 10.4 Å². The molecule has 0 fully saturated rings. The molecule has 0 saturated heterocycles. The zero-order valence-corrected chi connectivity index (χ0v) is 17.1. The summed E-state index contributed by atoms with van der Waals surface area (Å²) in [4.78, 5) is 15.6. The van der Waals surface area contributed by atoms with Crippen LogP contribution in [0.4, 0.5) is 5.13 Å². The molecule has 2 aromatic carbocycles. The van der Waals surface area contributed by atoms with E-state index in [2.05, 4.69) is 0 Å². The maximum absolute atomic E-state index is 12.9. The number of nitrogens with zero attached hydrogens (tertiary/aromatic N) is 2. The SMILES string of the molecule is COC(=O)C1C2c3ccccc3OC1(C)N(C)c1sc(-c3ccccc3)c(O)[n+]12. The van der Waals surface area contributed by atoms with Crippen molar-refractivity contribution in [3.05, 3.63) is 60.2 Å². The summed E-state index contributed by atoms with van der Waals surface area (Å²) >= 11 is 1.48. The second-order valence-electron chi connectivity index (χ2n) is 7.47. The molecule has 0 aliphatic carbocycles. The van der Waals surface area contributed by atoms with Crippen molar-refractivity contribution in [1.82, 2.24) is 0 Å². The maximum Gasteiger partial charge on any atom is 0.343 e. The zero-order valence-electron chi connectivity index (χ0n) is 16.3. The highest BCUT2D eigenvalue weighted by molar-refractivity contribution is 7.18. The Labute approximate surface area is 172 Å². The Hall–Kier alpha value is -3.06. The van der Waals surface area contributed by atoms with Crippen molar-refractivity contribution < 1.29 is 23.9 Å². The molecule has 3 atom stereocenters. The van der Waals surface area contributed by atoms with Gasteiger partial charge in [0.05, 0.1) is 14.2 Å². The van der Waals surface area contributed by atoms with Gasteiger partial charge in [-0.1, -0.05) is 48.5 Å². The number of aromatic nitrogens is 1. The van der Waals surface area contributed by atoms with Gasteiger partial charge in [0.2, 0.25) is 0 Å². The second-order valence-corrected chi connectivity index (χ2v) is 8.45. The lowest BCUT2D eigenvalue weighted by Gasteiger charge is -2.47. The van der Waals surface area contributed by atoms with Gasteiger partial charge >= 0.3 is 17.0 Å². The number of para-hydroxylation sites is 1. The quantitative estimate of drug-likeness (QED) is 0.520. The molecule has 1 aromatic heterocycles. The smallest absolute Gasteiger partial charge is 0.343 e. The predicted molar refractivity (Wildman–Crippen MR) is 109 cm³/mol. The van der Waals surface area contributed by atoms with E-state index in [1.54, 1.807) is 0 Å². The van der Waals surface area contributed by atoms with Crippen LogP contribution in [0.2, 0.25) is 0 Å². The fourth-order valence-corrected chi connectivity index (χ4v) is 5.69. The average molecular weight is 409 g/mol. The third-order valence-electron chi connectivity index (χ3n) is 6.00. The van der Waals surface area contributed by atoms with E-state index in [0.29, 0.717) is 5.75 Å². The van der Waals surface area contributed by atoms with Gasteiger partial charge in [0.25, 0.3) is 5.72 Å². The molecule has 3 heterocycles. The summed E-state index contributed by atoms with van der Waals surface area (Å²) in [7, 11) is 3.27. The van der Waals surface area contributed by atoms with E-state index in [1.165, 1.54) is 18.4 Å². The lowest BCUT2D eigenvalue weighted by atomic mass is 9.79. The van der Waals surface area contributed by atoms with Crippen molar-refractivity contribution in [2.24, 2.45) is 5.92 Å². The van der Waals surface area contributed by atoms with Crippen LogP contribution in [-0.4, -0.2) is 31.0 Å². The summed E-state index contributed by atoms with van der Waals surface area (Å²) in [5.74, 6) is -0.171. The maximum atomic E-state index is 12.9. The molecule has 7 heteroatoms. The standard InChI is InChI=1S/C22H20N2O4S/c1-22-16(20(26)27-3)17(14-11-7-8-12-15(14)28-22)24-19(25)18(29-21(24)23(22)2)13-9-5-4-6-10-13/h4-12,16-17H,1-3H3/p+1. The van der Waals surface area contributed by atoms with Crippen molar-refractivity contribution in [3.63, 3.8) is 0 Å². The van der Waals surface area contributed by atoms with E-state index >= 15 is 0 Å². The molecule has 148 valence electrons. The first-order chi connectivity index (χ1) is 14.0. The van der Waals surface area contributed by atoms with E-state index in [0.717, 1.165) is 21.1 Å². The normalized spacial score (nSPS) is 24.3. The minimum Gasteiger partial charge on any atom is -0.477 e. The average Bonchev–Trinajstić information content (AvgIpc) is 3.08. The number of carbonyl (C=O) groups excluding carboxylic acids is 1. The molecule has 2 bridgehead atoms. The van der Waals surface area contributed by atoms with Gasteiger partial charge in [0.15, 0.2) is 12.0 Å². The second kappa shape index (κ2) is 6.22. The molecule has 2 aliphatic rings. The molecule has 3 unspecified atom stereocenters. The number of anilines is 1. The van der Waals surface area contributed by atoms with Crippen LogP contribution in [0.1, 0.15) is 18.5 Å². The summed E-state index contributed by atoms with van der Waals surface area (Å²) < 4.78 is 13.4. The fourth-order valence-electron chi connectivity index (χ4n) is 4.45.